The number of aryl methyl sites for hydroxylation is 3. The van der Waals surface area contributed by atoms with Crippen molar-refractivity contribution in [1.29, 1.82) is 0 Å². The molecule has 17 heavy (non-hydrogen) atoms. The molecule has 0 aliphatic carbocycles. The van der Waals surface area contributed by atoms with E-state index in [0.717, 1.165) is 11.3 Å². The molecule has 0 aromatic heterocycles. The summed E-state index contributed by atoms with van der Waals surface area (Å²) in [5, 5.41) is 0. The van der Waals surface area contributed by atoms with Crippen molar-refractivity contribution in [2.24, 2.45) is 0 Å². The fourth-order valence-electron chi connectivity index (χ4n) is 1.63. The lowest BCUT2D eigenvalue weighted by atomic mass is 10.1. The molecule has 2 rings (SSSR count). The topological polar surface area (TPSA) is 26.0 Å². The standard InChI is InChI=1S/C15H17NS/c1-10-4-5-13(8-11(10)2)17-14-6-7-15(16)12(3)9-14/h4-9H,16H2,1-3H3. The molecule has 0 radical (unpaired) electrons. The van der Waals surface area contributed by atoms with Crippen molar-refractivity contribution >= 4 is 17.4 Å². The van der Waals surface area contributed by atoms with Gasteiger partial charge in [-0.3, -0.25) is 0 Å². The highest BCUT2D eigenvalue weighted by molar-refractivity contribution is 7.99. The molecular formula is C15H17NS. The van der Waals surface area contributed by atoms with Gasteiger partial charge in [0.25, 0.3) is 0 Å². The van der Waals surface area contributed by atoms with Gasteiger partial charge in [0.2, 0.25) is 0 Å². The maximum Gasteiger partial charge on any atom is 0.0344 e. The highest BCUT2D eigenvalue weighted by Crippen LogP contribution is 2.30. The summed E-state index contributed by atoms with van der Waals surface area (Å²) in [7, 11) is 0. The van der Waals surface area contributed by atoms with Crippen LogP contribution in [0.1, 0.15) is 16.7 Å². The molecule has 88 valence electrons. The van der Waals surface area contributed by atoms with Crippen LogP contribution in [0.3, 0.4) is 0 Å². The average Bonchev–Trinajstić information content (AvgIpc) is 2.29. The fourth-order valence-corrected chi connectivity index (χ4v) is 2.64. The minimum Gasteiger partial charge on any atom is -0.399 e. The van der Waals surface area contributed by atoms with Gasteiger partial charge in [-0.2, -0.15) is 0 Å². The summed E-state index contributed by atoms with van der Waals surface area (Å²) in [6.07, 6.45) is 0. The Morgan fingerprint density at radius 2 is 1.35 bits per heavy atom. The van der Waals surface area contributed by atoms with Gasteiger partial charge in [0.15, 0.2) is 0 Å². The van der Waals surface area contributed by atoms with Crippen molar-refractivity contribution < 1.29 is 0 Å². The lowest BCUT2D eigenvalue weighted by Crippen LogP contribution is -1.88. The zero-order valence-electron chi connectivity index (χ0n) is 10.4. The smallest absolute Gasteiger partial charge is 0.0344 e. The molecule has 0 heterocycles. The summed E-state index contributed by atoms with van der Waals surface area (Å²) in [4.78, 5) is 2.51. The van der Waals surface area contributed by atoms with Gasteiger partial charge in [0.05, 0.1) is 0 Å². The molecule has 1 nitrogen and oxygen atoms in total. The molecule has 0 amide bonds. The van der Waals surface area contributed by atoms with E-state index < -0.39 is 0 Å². The van der Waals surface area contributed by atoms with E-state index in [-0.39, 0.29) is 0 Å². The number of rotatable bonds is 2. The molecular weight excluding hydrogens is 226 g/mol. The summed E-state index contributed by atoms with van der Waals surface area (Å²) in [6, 6.07) is 12.7. The minimum atomic E-state index is 0.856. The summed E-state index contributed by atoms with van der Waals surface area (Å²) in [5.74, 6) is 0. The Morgan fingerprint density at radius 1 is 0.765 bits per heavy atom. The van der Waals surface area contributed by atoms with E-state index >= 15 is 0 Å². The number of anilines is 1. The fraction of sp³-hybridized carbons (Fsp3) is 0.200. The normalized spacial score (nSPS) is 10.5. The summed E-state index contributed by atoms with van der Waals surface area (Å²) in [5.41, 5.74) is 10.5. The molecule has 0 spiro atoms. The largest absolute Gasteiger partial charge is 0.399 e. The van der Waals surface area contributed by atoms with Crippen LogP contribution >= 0.6 is 11.8 Å². The van der Waals surface area contributed by atoms with E-state index in [2.05, 4.69) is 44.2 Å². The molecule has 2 heteroatoms. The van der Waals surface area contributed by atoms with E-state index in [0.29, 0.717) is 0 Å². The highest BCUT2D eigenvalue weighted by Gasteiger charge is 2.01. The van der Waals surface area contributed by atoms with Crippen molar-refractivity contribution in [3.05, 3.63) is 53.1 Å². The second-order valence-electron chi connectivity index (χ2n) is 4.37. The number of nitrogens with two attached hydrogens (primary N) is 1. The minimum absolute atomic E-state index is 0.856. The zero-order chi connectivity index (χ0) is 12.4. The van der Waals surface area contributed by atoms with Crippen LogP contribution < -0.4 is 5.73 Å². The second-order valence-corrected chi connectivity index (χ2v) is 5.51. The van der Waals surface area contributed by atoms with Gasteiger partial charge in [-0.15, -0.1) is 0 Å². The molecule has 0 atom stereocenters. The van der Waals surface area contributed by atoms with E-state index in [1.165, 1.54) is 20.9 Å². The van der Waals surface area contributed by atoms with Gasteiger partial charge in [-0.1, -0.05) is 17.8 Å². The van der Waals surface area contributed by atoms with Crippen molar-refractivity contribution in [2.75, 3.05) is 5.73 Å². The first kappa shape index (κ1) is 12.1. The number of hydrogen-bond acceptors (Lipinski definition) is 2. The van der Waals surface area contributed by atoms with Gasteiger partial charge in [-0.25, -0.2) is 0 Å². The monoisotopic (exact) mass is 243 g/mol. The molecule has 0 fully saturated rings. The Bertz CT molecular complexity index is 497. The highest BCUT2D eigenvalue weighted by atomic mass is 32.2. The first-order valence-corrected chi connectivity index (χ1v) is 6.49. The van der Waals surface area contributed by atoms with Crippen LogP contribution in [0.2, 0.25) is 0 Å². The molecule has 2 aromatic rings. The van der Waals surface area contributed by atoms with Crippen LogP contribution in [0, 0.1) is 20.8 Å². The summed E-state index contributed by atoms with van der Waals surface area (Å²) < 4.78 is 0. The molecule has 0 saturated heterocycles. The van der Waals surface area contributed by atoms with Gasteiger partial charge in [0, 0.05) is 15.5 Å². The van der Waals surface area contributed by atoms with Crippen LogP contribution in [0.15, 0.2) is 46.2 Å². The summed E-state index contributed by atoms with van der Waals surface area (Å²) >= 11 is 1.78. The van der Waals surface area contributed by atoms with Crippen LogP contribution in [-0.2, 0) is 0 Å². The first-order chi connectivity index (χ1) is 8.06. The van der Waals surface area contributed by atoms with Gasteiger partial charge in [0.1, 0.15) is 0 Å². The molecule has 0 aliphatic rings. The van der Waals surface area contributed by atoms with Crippen molar-refractivity contribution in [3.8, 4) is 0 Å². The van der Waals surface area contributed by atoms with Crippen LogP contribution in [0.25, 0.3) is 0 Å². The van der Waals surface area contributed by atoms with Crippen molar-refractivity contribution in [1.82, 2.24) is 0 Å². The summed E-state index contributed by atoms with van der Waals surface area (Å²) in [6.45, 7) is 6.32. The SMILES string of the molecule is Cc1ccc(Sc2ccc(N)c(C)c2)cc1C. The Labute approximate surface area is 107 Å². The van der Waals surface area contributed by atoms with Gasteiger partial charge >= 0.3 is 0 Å². The van der Waals surface area contributed by atoms with Crippen LogP contribution in [-0.4, -0.2) is 0 Å². The maximum atomic E-state index is 5.82. The quantitative estimate of drug-likeness (QED) is 0.794. The van der Waals surface area contributed by atoms with Crippen LogP contribution in [0.5, 0.6) is 0 Å². The Kier molecular flexibility index (Phi) is 3.43. The third-order valence-corrected chi connectivity index (χ3v) is 3.93. The van der Waals surface area contributed by atoms with E-state index in [9.17, 15) is 0 Å². The zero-order valence-corrected chi connectivity index (χ0v) is 11.3. The molecule has 0 saturated carbocycles. The van der Waals surface area contributed by atoms with Crippen molar-refractivity contribution in [3.63, 3.8) is 0 Å². The predicted molar refractivity (Wildman–Crippen MR) is 75.6 cm³/mol. The van der Waals surface area contributed by atoms with Crippen molar-refractivity contribution in [2.45, 2.75) is 30.6 Å². The maximum absolute atomic E-state index is 5.82. The second kappa shape index (κ2) is 4.84. The van der Waals surface area contributed by atoms with Gasteiger partial charge in [-0.05, 0) is 67.8 Å². The third kappa shape index (κ3) is 2.83. The lowest BCUT2D eigenvalue weighted by Gasteiger charge is -2.07. The van der Waals surface area contributed by atoms with Gasteiger partial charge < -0.3 is 5.73 Å². The molecule has 0 aliphatic heterocycles. The van der Waals surface area contributed by atoms with E-state index in [1.807, 2.05) is 13.0 Å². The van der Waals surface area contributed by atoms with E-state index in [1.54, 1.807) is 11.8 Å². The molecule has 0 bridgehead atoms. The Balaban J connectivity index is 2.25. The lowest BCUT2D eigenvalue weighted by molar-refractivity contribution is 1.27. The molecule has 2 aromatic carbocycles. The number of hydrogen-bond donors (Lipinski definition) is 1. The average molecular weight is 243 g/mol. The first-order valence-electron chi connectivity index (χ1n) is 5.67. The number of benzene rings is 2. The molecule has 0 unspecified atom stereocenters. The Hall–Kier alpha value is -1.41. The number of nitrogen functional groups attached to an aromatic ring is 1. The Morgan fingerprint density at radius 3 is 1.94 bits per heavy atom. The molecule has 2 N–H and O–H groups in total. The van der Waals surface area contributed by atoms with Crippen LogP contribution in [0.4, 0.5) is 5.69 Å². The third-order valence-electron chi connectivity index (χ3n) is 2.96. The van der Waals surface area contributed by atoms with E-state index in [4.69, 9.17) is 5.73 Å². The predicted octanol–water partition coefficient (Wildman–Crippen LogP) is 4.35.